The maximum Gasteiger partial charge on any atom is 0.226 e. The van der Waals surface area contributed by atoms with Gasteiger partial charge in [0, 0.05) is 24.0 Å². The van der Waals surface area contributed by atoms with E-state index in [1.54, 1.807) is 0 Å². The molecule has 4 nitrogen and oxygen atoms in total. The highest BCUT2D eigenvalue weighted by Crippen LogP contribution is 2.38. The third kappa shape index (κ3) is 5.01. The summed E-state index contributed by atoms with van der Waals surface area (Å²) in [6.45, 7) is 3.87. The molecule has 0 fully saturated rings. The Morgan fingerprint density at radius 1 is 0.844 bits per heavy atom. The number of carbonyl (C=O) groups excluding carboxylic acids is 2. The van der Waals surface area contributed by atoms with Gasteiger partial charge in [0.2, 0.25) is 5.91 Å². The smallest absolute Gasteiger partial charge is 0.226 e. The van der Waals surface area contributed by atoms with E-state index < -0.39 is 0 Å². The first-order valence-electron chi connectivity index (χ1n) is 10.5. The summed E-state index contributed by atoms with van der Waals surface area (Å²) in [6, 6.07) is 25.8. The maximum absolute atomic E-state index is 12.6. The zero-order valence-electron chi connectivity index (χ0n) is 18.1. The van der Waals surface area contributed by atoms with Crippen LogP contribution in [0.1, 0.15) is 34.3 Å². The fourth-order valence-corrected chi connectivity index (χ4v) is 4.54. The minimum atomic E-state index is -0.211. The number of Topliss-reactive ketones (excluding diaryl/α,β-unsaturated/α-hetero) is 1. The van der Waals surface area contributed by atoms with Gasteiger partial charge in [0.1, 0.15) is 0 Å². The SMILES string of the molecule is Cc1ccc(C)c(C(=O)CCC(=O)Nc2nc(-c3ccccc3)c(-c3ccccc3)s2)c1. The lowest BCUT2D eigenvalue weighted by Gasteiger charge is -2.06. The number of benzene rings is 3. The molecule has 1 amide bonds. The Balaban J connectivity index is 1.50. The van der Waals surface area contributed by atoms with Gasteiger partial charge >= 0.3 is 0 Å². The van der Waals surface area contributed by atoms with Gasteiger partial charge in [-0.1, -0.05) is 89.7 Å². The zero-order chi connectivity index (χ0) is 22.5. The van der Waals surface area contributed by atoms with E-state index in [-0.39, 0.29) is 24.5 Å². The number of hydrogen-bond acceptors (Lipinski definition) is 4. The summed E-state index contributed by atoms with van der Waals surface area (Å²) in [6.07, 6.45) is 0.283. The van der Waals surface area contributed by atoms with Crippen molar-refractivity contribution in [3.63, 3.8) is 0 Å². The van der Waals surface area contributed by atoms with Crippen LogP contribution in [-0.4, -0.2) is 16.7 Å². The monoisotopic (exact) mass is 440 g/mol. The normalized spacial score (nSPS) is 10.7. The van der Waals surface area contributed by atoms with E-state index in [0.717, 1.165) is 32.8 Å². The molecule has 0 bridgehead atoms. The first-order chi connectivity index (χ1) is 15.5. The van der Waals surface area contributed by atoms with Gasteiger partial charge in [0.05, 0.1) is 10.6 Å². The average Bonchev–Trinajstić information content (AvgIpc) is 3.24. The first kappa shape index (κ1) is 21.7. The number of amides is 1. The second-order valence-electron chi connectivity index (χ2n) is 7.72. The topological polar surface area (TPSA) is 59.1 Å². The number of thiazole rings is 1. The summed E-state index contributed by atoms with van der Waals surface area (Å²) < 4.78 is 0. The molecule has 3 aromatic carbocycles. The van der Waals surface area contributed by atoms with Crippen molar-refractivity contribution in [1.82, 2.24) is 4.98 Å². The molecule has 160 valence electrons. The van der Waals surface area contributed by atoms with Gasteiger partial charge in [-0.05, 0) is 31.0 Å². The molecule has 0 unspecified atom stereocenters. The van der Waals surface area contributed by atoms with Gasteiger partial charge < -0.3 is 5.32 Å². The predicted octanol–water partition coefficient (Wildman–Crippen LogP) is 6.70. The quantitative estimate of drug-likeness (QED) is 0.326. The summed E-state index contributed by atoms with van der Waals surface area (Å²) >= 11 is 1.44. The fourth-order valence-electron chi connectivity index (χ4n) is 3.53. The third-order valence-electron chi connectivity index (χ3n) is 5.23. The molecule has 32 heavy (non-hydrogen) atoms. The molecular weight excluding hydrogens is 416 g/mol. The van der Waals surface area contributed by atoms with Gasteiger partial charge in [-0.2, -0.15) is 0 Å². The minimum absolute atomic E-state index is 0.0181. The van der Waals surface area contributed by atoms with E-state index >= 15 is 0 Å². The Labute approximate surface area is 192 Å². The molecule has 4 rings (SSSR count). The van der Waals surface area contributed by atoms with Gasteiger partial charge in [0.15, 0.2) is 10.9 Å². The van der Waals surface area contributed by atoms with E-state index in [2.05, 4.69) is 5.32 Å². The highest BCUT2D eigenvalue weighted by molar-refractivity contribution is 7.19. The summed E-state index contributed by atoms with van der Waals surface area (Å²) in [5, 5.41) is 3.43. The lowest BCUT2D eigenvalue weighted by molar-refractivity contribution is -0.116. The van der Waals surface area contributed by atoms with Crippen LogP contribution in [0.3, 0.4) is 0 Å². The van der Waals surface area contributed by atoms with E-state index in [1.807, 2.05) is 92.7 Å². The standard InChI is InChI=1S/C27H24N2O2S/c1-18-13-14-19(2)22(17-18)23(30)15-16-24(31)28-27-29-25(20-9-5-3-6-10-20)26(32-27)21-11-7-4-8-12-21/h3-14,17H,15-16H2,1-2H3,(H,28,29,31). The van der Waals surface area contributed by atoms with Crippen molar-refractivity contribution in [2.45, 2.75) is 26.7 Å². The van der Waals surface area contributed by atoms with Gasteiger partial charge in [-0.3, -0.25) is 9.59 Å². The van der Waals surface area contributed by atoms with Crippen molar-refractivity contribution < 1.29 is 9.59 Å². The van der Waals surface area contributed by atoms with Crippen LogP contribution in [0.15, 0.2) is 78.9 Å². The lowest BCUT2D eigenvalue weighted by atomic mass is 9.99. The largest absolute Gasteiger partial charge is 0.302 e. The van der Waals surface area contributed by atoms with Crippen LogP contribution in [0.25, 0.3) is 21.7 Å². The average molecular weight is 441 g/mol. The molecule has 5 heteroatoms. The molecule has 1 heterocycles. The van der Waals surface area contributed by atoms with Crippen molar-refractivity contribution in [1.29, 1.82) is 0 Å². The molecule has 1 aromatic heterocycles. The van der Waals surface area contributed by atoms with Gasteiger partial charge in [-0.15, -0.1) is 0 Å². The molecule has 0 saturated carbocycles. The molecule has 0 aliphatic heterocycles. The van der Waals surface area contributed by atoms with Gasteiger partial charge in [-0.25, -0.2) is 4.98 Å². The van der Waals surface area contributed by atoms with Crippen LogP contribution in [-0.2, 0) is 4.79 Å². The Kier molecular flexibility index (Phi) is 6.57. The molecule has 0 atom stereocenters. The van der Waals surface area contributed by atoms with Crippen molar-refractivity contribution >= 4 is 28.2 Å². The summed E-state index contributed by atoms with van der Waals surface area (Å²) in [5.41, 5.74) is 5.53. The number of rotatable bonds is 7. The Morgan fingerprint density at radius 3 is 2.19 bits per heavy atom. The molecule has 0 aliphatic carbocycles. The Morgan fingerprint density at radius 2 is 1.50 bits per heavy atom. The number of anilines is 1. The number of ketones is 1. The van der Waals surface area contributed by atoms with Crippen LogP contribution >= 0.6 is 11.3 Å². The van der Waals surface area contributed by atoms with E-state index in [9.17, 15) is 9.59 Å². The molecule has 0 radical (unpaired) electrons. The number of hydrogen-bond donors (Lipinski definition) is 1. The van der Waals surface area contributed by atoms with Crippen LogP contribution < -0.4 is 5.32 Å². The van der Waals surface area contributed by atoms with E-state index in [1.165, 1.54) is 11.3 Å². The molecule has 1 N–H and O–H groups in total. The van der Waals surface area contributed by atoms with Crippen molar-refractivity contribution in [3.8, 4) is 21.7 Å². The van der Waals surface area contributed by atoms with Crippen molar-refractivity contribution in [2.24, 2.45) is 0 Å². The highest BCUT2D eigenvalue weighted by atomic mass is 32.1. The van der Waals surface area contributed by atoms with Crippen LogP contribution in [0.5, 0.6) is 0 Å². The summed E-state index contributed by atoms with van der Waals surface area (Å²) in [4.78, 5) is 30.9. The molecule has 0 saturated heterocycles. The molecular formula is C27H24N2O2S. The molecule has 0 spiro atoms. The maximum atomic E-state index is 12.6. The van der Waals surface area contributed by atoms with Crippen LogP contribution in [0.2, 0.25) is 0 Å². The number of aromatic nitrogens is 1. The Hall–Kier alpha value is -3.57. The fraction of sp³-hybridized carbons (Fsp3) is 0.148. The minimum Gasteiger partial charge on any atom is -0.302 e. The van der Waals surface area contributed by atoms with Crippen LogP contribution in [0, 0.1) is 13.8 Å². The highest BCUT2D eigenvalue weighted by Gasteiger charge is 2.17. The molecule has 0 aliphatic rings. The zero-order valence-corrected chi connectivity index (χ0v) is 18.9. The number of nitrogens with one attached hydrogen (secondary N) is 1. The van der Waals surface area contributed by atoms with Crippen molar-refractivity contribution in [2.75, 3.05) is 5.32 Å². The van der Waals surface area contributed by atoms with Crippen LogP contribution in [0.4, 0.5) is 5.13 Å². The summed E-state index contributed by atoms with van der Waals surface area (Å²) in [5.74, 6) is -0.230. The number of carbonyl (C=O) groups is 2. The number of nitrogens with zero attached hydrogens (tertiary/aromatic N) is 1. The second kappa shape index (κ2) is 9.71. The van der Waals surface area contributed by atoms with E-state index in [0.29, 0.717) is 10.7 Å². The van der Waals surface area contributed by atoms with E-state index in [4.69, 9.17) is 4.98 Å². The Bertz CT molecular complexity index is 1190. The lowest BCUT2D eigenvalue weighted by Crippen LogP contribution is -2.13. The number of aryl methyl sites for hydroxylation is 2. The predicted molar refractivity (Wildman–Crippen MR) is 131 cm³/mol. The summed E-state index contributed by atoms with van der Waals surface area (Å²) in [7, 11) is 0. The second-order valence-corrected chi connectivity index (χ2v) is 8.72. The van der Waals surface area contributed by atoms with Crippen molar-refractivity contribution in [3.05, 3.63) is 95.6 Å². The van der Waals surface area contributed by atoms with Gasteiger partial charge in [0.25, 0.3) is 0 Å². The molecule has 4 aromatic rings. The first-order valence-corrected chi connectivity index (χ1v) is 11.3. The third-order valence-corrected chi connectivity index (χ3v) is 6.25.